The topological polar surface area (TPSA) is 88.4 Å². The number of anilines is 2. The van der Waals surface area contributed by atoms with E-state index in [-0.39, 0.29) is 11.4 Å². The number of furan rings is 1. The number of nitrogens with one attached hydrogen (secondary N) is 2. The van der Waals surface area contributed by atoms with Crippen LogP contribution in [-0.4, -0.2) is 20.6 Å². The number of rotatable bonds is 5. The Balaban J connectivity index is 2.30. The molecule has 10 heteroatoms. The van der Waals surface area contributed by atoms with E-state index in [1.165, 1.54) is 12.3 Å². The molecule has 6 nitrogen and oxygen atoms in total. The molecule has 2 N–H and O–H groups in total. The summed E-state index contributed by atoms with van der Waals surface area (Å²) in [6.07, 6.45) is -0.0609. The maximum absolute atomic E-state index is 12.8. The van der Waals surface area contributed by atoms with Crippen molar-refractivity contribution in [2.75, 3.05) is 16.3 Å². The minimum atomic E-state index is -4.65. The summed E-state index contributed by atoms with van der Waals surface area (Å²) in [4.78, 5) is 11.9. The van der Waals surface area contributed by atoms with Crippen molar-refractivity contribution in [2.24, 2.45) is 0 Å². The highest BCUT2D eigenvalue weighted by molar-refractivity contribution is 7.92. The third-order valence-electron chi connectivity index (χ3n) is 2.84. The fourth-order valence-electron chi connectivity index (χ4n) is 1.83. The second kappa shape index (κ2) is 7.01. The Hall–Kier alpha value is -2.75. The zero-order valence-electron chi connectivity index (χ0n) is 12.8. The average molecular weight is 374 g/mol. The summed E-state index contributed by atoms with van der Waals surface area (Å²) in [7, 11) is -3.75. The number of alkyl halides is 3. The van der Waals surface area contributed by atoms with Gasteiger partial charge in [0.2, 0.25) is 15.9 Å². The van der Waals surface area contributed by atoms with Gasteiger partial charge in [0.25, 0.3) is 0 Å². The highest BCUT2D eigenvalue weighted by Crippen LogP contribution is 2.34. The molecular weight excluding hydrogens is 361 g/mol. The smallest absolute Gasteiger partial charge is 0.416 e. The van der Waals surface area contributed by atoms with Crippen molar-refractivity contribution < 1.29 is 30.8 Å². The van der Waals surface area contributed by atoms with Gasteiger partial charge >= 0.3 is 6.18 Å². The summed E-state index contributed by atoms with van der Waals surface area (Å²) < 4.78 is 68.2. The van der Waals surface area contributed by atoms with Crippen LogP contribution < -0.4 is 10.0 Å². The second-order valence-corrected chi connectivity index (χ2v) is 6.72. The first kappa shape index (κ1) is 18.6. The predicted octanol–water partition coefficient (Wildman–Crippen LogP) is 3.32. The van der Waals surface area contributed by atoms with E-state index >= 15 is 0 Å². The summed E-state index contributed by atoms with van der Waals surface area (Å²) >= 11 is 0. The maximum atomic E-state index is 12.8. The molecule has 0 saturated carbocycles. The molecule has 0 fully saturated rings. The van der Waals surface area contributed by atoms with E-state index < -0.39 is 27.7 Å². The zero-order valence-corrected chi connectivity index (χ0v) is 13.6. The van der Waals surface area contributed by atoms with Gasteiger partial charge in [0.1, 0.15) is 5.76 Å². The van der Waals surface area contributed by atoms with Gasteiger partial charge < -0.3 is 9.73 Å². The molecule has 0 bridgehead atoms. The van der Waals surface area contributed by atoms with Crippen molar-refractivity contribution in [1.82, 2.24) is 0 Å². The van der Waals surface area contributed by atoms with Gasteiger partial charge in [0.15, 0.2) is 0 Å². The first-order valence-corrected chi connectivity index (χ1v) is 8.65. The molecule has 0 saturated heterocycles. The van der Waals surface area contributed by atoms with Crippen molar-refractivity contribution in [3.8, 4) is 0 Å². The van der Waals surface area contributed by atoms with Crippen LogP contribution in [-0.2, 0) is 21.0 Å². The van der Waals surface area contributed by atoms with Gasteiger partial charge in [-0.05, 0) is 36.4 Å². The number of benzene rings is 1. The molecule has 0 unspecified atom stereocenters. The van der Waals surface area contributed by atoms with Crippen LogP contribution in [0.2, 0.25) is 0 Å². The molecule has 1 aromatic heterocycles. The highest BCUT2D eigenvalue weighted by Gasteiger charge is 2.31. The van der Waals surface area contributed by atoms with Crippen LogP contribution in [0.25, 0.3) is 6.08 Å². The lowest BCUT2D eigenvalue weighted by molar-refractivity contribution is -0.137. The molecule has 2 aromatic rings. The van der Waals surface area contributed by atoms with Crippen LogP contribution in [0, 0.1) is 0 Å². The SMILES string of the molecule is CS(=O)(=O)Nc1ccc(C(F)(F)F)cc1NC(=O)C=Cc1ccco1. The Morgan fingerprint density at radius 3 is 2.48 bits per heavy atom. The predicted molar refractivity (Wildman–Crippen MR) is 86.3 cm³/mol. The number of hydrogen-bond acceptors (Lipinski definition) is 4. The van der Waals surface area contributed by atoms with E-state index in [1.54, 1.807) is 12.1 Å². The van der Waals surface area contributed by atoms with Gasteiger partial charge in [-0.3, -0.25) is 9.52 Å². The molecule has 1 aromatic carbocycles. The monoisotopic (exact) mass is 374 g/mol. The lowest BCUT2D eigenvalue weighted by Crippen LogP contribution is -2.16. The van der Waals surface area contributed by atoms with Gasteiger partial charge in [-0.15, -0.1) is 0 Å². The Labute approximate surface area is 141 Å². The first-order chi connectivity index (χ1) is 11.5. The fraction of sp³-hybridized carbons (Fsp3) is 0.133. The van der Waals surface area contributed by atoms with Gasteiger partial charge in [-0.2, -0.15) is 13.2 Å². The Bertz CT molecular complexity index is 888. The van der Waals surface area contributed by atoms with Gasteiger partial charge in [0, 0.05) is 6.08 Å². The maximum Gasteiger partial charge on any atom is 0.416 e. The Morgan fingerprint density at radius 1 is 1.20 bits per heavy atom. The van der Waals surface area contributed by atoms with Crippen LogP contribution in [0.15, 0.2) is 47.1 Å². The molecule has 1 heterocycles. The quantitative estimate of drug-likeness (QED) is 0.786. The number of amides is 1. The minimum absolute atomic E-state index is 0.185. The normalized spacial score (nSPS) is 12.3. The third kappa shape index (κ3) is 5.68. The molecular formula is C15H13F3N2O4S. The molecule has 134 valence electrons. The zero-order chi connectivity index (χ0) is 18.7. The molecule has 0 aliphatic rings. The van der Waals surface area contributed by atoms with Crippen molar-refractivity contribution >= 4 is 33.4 Å². The molecule has 0 radical (unpaired) electrons. The third-order valence-corrected chi connectivity index (χ3v) is 3.43. The molecule has 0 aliphatic carbocycles. The Morgan fingerprint density at radius 2 is 1.92 bits per heavy atom. The van der Waals surface area contributed by atoms with E-state index in [2.05, 4.69) is 10.0 Å². The Kier molecular flexibility index (Phi) is 5.21. The van der Waals surface area contributed by atoms with Crippen molar-refractivity contribution in [1.29, 1.82) is 0 Å². The van der Waals surface area contributed by atoms with Crippen LogP contribution in [0.1, 0.15) is 11.3 Å². The lowest BCUT2D eigenvalue weighted by Gasteiger charge is -2.14. The number of hydrogen-bond donors (Lipinski definition) is 2. The van der Waals surface area contributed by atoms with Crippen molar-refractivity contribution in [2.45, 2.75) is 6.18 Å². The molecule has 1 amide bonds. The molecule has 0 atom stereocenters. The fourth-order valence-corrected chi connectivity index (χ4v) is 2.41. The molecule has 2 rings (SSSR count). The summed E-state index contributed by atoms with van der Waals surface area (Å²) in [6.45, 7) is 0. The summed E-state index contributed by atoms with van der Waals surface area (Å²) in [5.74, 6) is -0.388. The van der Waals surface area contributed by atoms with E-state index in [0.717, 1.165) is 18.4 Å². The van der Waals surface area contributed by atoms with E-state index in [9.17, 15) is 26.4 Å². The van der Waals surface area contributed by atoms with E-state index in [4.69, 9.17) is 4.42 Å². The molecule has 0 aliphatic heterocycles. The van der Waals surface area contributed by atoms with Crippen LogP contribution in [0.4, 0.5) is 24.5 Å². The molecule has 0 spiro atoms. The van der Waals surface area contributed by atoms with Crippen LogP contribution in [0.5, 0.6) is 0 Å². The summed E-state index contributed by atoms with van der Waals surface area (Å²) in [6, 6.07) is 5.45. The van der Waals surface area contributed by atoms with E-state index in [0.29, 0.717) is 17.9 Å². The second-order valence-electron chi connectivity index (χ2n) is 4.97. The van der Waals surface area contributed by atoms with Gasteiger partial charge in [-0.1, -0.05) is 0 Å². The lowest BCUT2D eigenvalue weighted by atomic mass is 10.1. The van der Waals surface area contributed by atoms with Gasteiger partial charge in [-0.25, -0.2) is 8.42 Å². The summed E-state index contributed by atoms with van der Waals surface area (Å²) in [5.41, 5.74) is -1.54. The first-order valence-electron chi connectivity index (χ1n) is 6.76. The highest BCUT2D eigenvalue weighted by atomic mass is 32.2. The van der Waals surface area contributed by atoms with Crippen LogP contribution in [0.3, 0.4) is 0 Å². The average Bonchev–Trinajstić information content (AvgIpc) is 2.97. The standard InChI is InChI=1S/C15H13F3N2O4S/c1-25(22,23)20-12-6-4-10(15(16,17)18)9-13(12)19-14(21)7-5-11-3-2-8-24-11/h2-9,20H,1H3,(H,19,21). The van der Waals surface area contributed by atoms with Crippen molar-refractivity contribution in [3.05, 3.63) is 54.0 Å². The number of halogens is 3. The van der Waals surface area contributed by atoms with E-state index in [1.807, 2.05) is 0 Å². The van der Waals surface area contributed by atoms with Gasteiger partial charge in [0.05, 0.1) is 29.5 Å². The number of carbonyl (C=O) groups excluding carboxylic acids is 1. The number of carbonyl (C=O) groups is 1. The minimum Gasteiger partial charge on any atom is -0.465 e. The summed E-state index contributed by atoms with van der Waals surface area (Å²) in [5, 5.41) is 2.21. The largest absolute Gasteiger partial charge is 0.465 e. The number of sulfonamides is 1. The van der Waals surface area contributed by atoms with Crippen molar-refractivity contribution in [3.63, 3.8) is 0 Å². The van der Waals surface area contributed by atoms with Crippen LogP contribution >= 0.6 is 0 Å². The molecule has 25 heavy (non-hydrogen) atoms.